The molecule has 0 spiro atoms. The van der Waals surface area contributed by atoms with E-state index < -0.39 is 11.9 Å². The van der Waals surface area contributed by atoms with Crippen LogP contribution >= 0.6 is 11.6 Å². The normalized spacial score (nSPS) is 12.6. The van der Waals surface area contributed by atoms with E-state index in [0.29, 0.717) is 18.0 Å². The highest BCUT2D eigenvalue weighted by atomic mass is 35.5. The summed E-state index contributed by atoms with van der Waals surface area (Å²) in [5, 5.41) is 3.68. The standard InChI is InChI=1S/C12H13ClFN3O2/c1-2-18-6-9(15)11-16-12(19-17-11)7-4-3-5-8(14)10(7)13/h3-5,9H,2,6,15H2,1H3. The van der Waals surface area contributed by atoms with E-state index in [1.807, 2.05) is 6.92 Å². The van der Waals surface area contributed by atoms with Gasteiger partial charge in [0.15, 0.2) is 5.82 Å². The molecular weight excluding hydrogens is 273 g/mol. The van der Waals surface area contributed by atoms with Crippen molar-refractivity contribution in [2.75, 3.05) is 13.2 Å². The summed E-state index contributed by atoms with van der Waals surface area (Å²) in [5.74, 6) is -0.118. The lowest BCUT2D eigenvalue weighted by Gasteiger charge is -2.05. The van der Waals surface area contributed by atoms with E-state index in [2.05, 4.69) is 10.1 Å². The number of hydrogen-bond donors (Lipinski definition) is 1. The van der Waals surface area contributed by atoms with Crippen molar-refractivity contribution in [1.82, 2.24) is 10.1 Å². The van der Waals surface area contributed by atoms with Gasteiger partial charge in [-0.05, 0) is 19.1 Å². The molecule has 102 valence electrons. The zero-order valence-electron chi connectivity index (χ0n) is 10.3. The lowest BCUT2D eigenvalue weighted by Crippen LogP contribution is -2.18. The van der Waals surface area contributed by atoms with Crippen LogP contribution in [0.5, 0.6) is 0 Å². The average molecular weight is 286 g/mol. The Morgan fingerprint density at radius 2 is 2.32 bits per heavy atom. The number of nitrogens with two attached hydrogens (primary N) is 1. The third-order valence-electron chi connectivity index (χ3n) is 2.46. The molecule has 0 aliphatic carbocycles. The molecule has 1 heterocycles. The topological polar surface area (TPSA) is 74.2 Å². The molecular formula is C12H13ClFN3O2. The van der Waals surface area contributed by atoms with E-state index >= 15 is 0 Å². The molecule has 1 aromatic heterocycles. The van der Waals surface area contributed by atoms with E-state index in [1.54, 1.807) is 6.07 Å². The predicted molar refractivity (Wildman–Crippen MR) is 68.1 cm³/mol. The van der Waals surface area contributed by atoms with Gasteiger partial charge in [0.05, 0.1) is 23.2 Å². The summed E-state index contributed by atoms with van der Waals surface area (Å²) in [7, 11) is 0. The summed E-state index contributed by atoms with van der Waals surface area (Å²) in [6.45, 7) is 2.70. The van der Waals surface area contributed by atoms with E-state index in [0.717, 1.165) is 0 Å². The van der Waals surface area contributed by atoms with Crippen molar-refractivity contribution in [2.45, 2.75) is 13.0 Å². The van der Waals surface area contributed by atoms with E-state index in [9.17, 15) is 4.39 Å². The second kappa shape index (κ2) is 6.10. The largest absolute Gasteiger partial charge is 0.380 e. The Morgan fingerprint density at radius 1 is 1.53 bits per heavy atom. The van der Waals surface area contributed by atoms with Gasteiger partial charge in [-0.2, -0.15) is 4.98 Å². The molecule has 0 aliphatic heterocycles. The first-order chi connectivity index (χ1) is 9.13. The van der Waals surface area contributed by atoms with Gasteiger partial charge in [0.25, 0.3) is 5.89 Å². The van der Waals surface area contributed by atoms with Crippen LogP contribution in [-0.4, -0.2) is 23.4 Å². The Balaban J connectivity index is 2.23. The highest BCUT2D eigenvalue weighted by Crippen LogP contribution is 2.29. The van der Waals surface area contributed by atoms with E-state index in [-0.39, 0.29) is 17.5 Å². The molecule has 0 amide bonds. The van der Waals surface area contributed by atoms with E-state index in [1.165, 1.54) is 12.1 Å². The third-order valence-corrected chi connectivity index (χ3v) is 2.84. The monoisotopic (exact) mass is 285 g/mol. The molecule has 2 rings (SSSR count). The highest BCUT2D eigenvalue weighted by molar-refractivity contribution is 6.33. The van der Waals surface area contributed by atoms with Gasteiger partial charge in [0.2, 0.25) is 0 Å². The molecule has 0 aliphatic rings. The maximum atomic E-state index is 13.3. The molecule has 5 nitrogen and oxygen atoms in total. The first-order valence-electron chi connectivity index (χ1n) is 5.74. The quantitative estimate of drug-likeness (QED) is 0.914. The number of halogens is 2. The molecule has 1 unspecified atom stereocenters. The van der Waals surface area contributed by atoms with Gasteiger partial charge in [0.1, 0.15) is 5.82 Å². The van der Waals surface area contributed by atoms with Crippen LogP contribution in [0.25, 0.3) is 11.5 Å². The van der Waals surface area contributed by atoms with Crippen LogP contribution in [0, 0.1) is 5.82 Å². The second-order valence-electron chi connectivity index (χ2n) is 3.83. The van der Waals surface area contributed by atoms with Crippen molar-refractivity contribution in [2.24, 2.45) is 5.73 Å². The lowest BCUT2D eigenvalue weighted by atomic mass is 10.2. The van der Waals surface area contributed by atoms with Crippen LogP contribution in [-0.2, 0) is 4.74 Å². The summed E-state index contributed by atoms with van der Waals surface area (Å²) < 4.78 is 23.5. The molecule has 2 aromatic rings. The smallest absolute Gasteiger partial charge is 0.259 e. The Bertz CT molecular complexity index is 562. The Morgan fingerprint density at radius 3 is 3.05 bits per heavy atom. The maximum Gasteiger partial charge on any atom is 0.259 e. The van der Waals surface area contributed by atoms with Crippen molar-refractivity contribution in [3.8, 4) is 11.5 Å². The fourth-order valence-corrected chi connectivity index (χ4v) is 1.69. The molecule has 19 heavy (non-hydrogen) atoms. The maximum absolute atomic E-state index is 13.3. The van der Waals surface area contributed by atoms with Gasteiger partial charge in [0, 0.05) is 6.61 Å². The van der Waals surface area contributed by atoms with Crippen LogP contribution in [0.4, 0.5) is 4.39 Å². The molecule has 0 saturated heterocycles. The van der Waals surface area contributed by atoms with Crippen molar-refractivity contribution in [3.05, 3.63) is 34.9 Å². The van der Waals surface area contributed by atoms with Crippen LogP contribution in [0.1, 0.15) is 18.8 Å². The Labute approximate surface area is 114 Å². The van der Waals surface area contributed by atoms with Crippen LogP contribution in [0.2, 0.25) is 5.02 Å². The van der Waals surface area contributed by atoms with Gasteiger partial charge in [-0.1, -0.05) is 22.8 Å². The summed E-state index contributed by atoms with van der Waals surface area (Å²) >= 11 is 5.84. The number of rotatable bonds is 5. The first kappa shape index (κ1) is 13.9. The zero-order valence-corrected chi connectivity index (χ0v) is 11.0. The molecule has 7 heteroatoms. The van der Waals surface area contributed by atoms with E-state index in [4.69, 9.17) is 26.6 Å². The number of aromatic nitrogens is 2. The SMILES string of the molecule is CCOCC(N)c1noc(-c2cccc(F)c2Cl)n1. The molecule has 0 bridgehead atoms. The fourth-order valence-electron chi connectivity index (χ4n) is 1.48. The summed E-state index contributed by atoms with van der Waals surface area (Å²) in [5.41, 5.74) is 6.16. The number of hydrogen-bond acceptors (Lipinski definition) is 5. The Hall–Kier alpha value is -1.50. The summed E-state index contributed by atoms with van der Waals surface area (Å²) in [6.07, 6.45) is 0. The lowest BCUT2D eigenvalue weighted by molar-refractivity contribution is 0.130. The molecule has 1 atom stereocenters. The van der Waals surface area contributed by atoms with Crippen molar-refractivity contribution in [3.63, 3.8) is 0 Å². The number of benzene rings is 1. The van der Waals surface area contributed by atoms with Crippen molar-refractivity contribution < 1.29 is 13.7 Å². The molecule has 0 radical (unpaired) electrons. The molecule has 0 fully saturated rings. The van der Waals surface area contributed by atoms with Crippen molar-refractivity contribution in [1.29, 1.82) is 0 Å². The minimum atomic E-state index is -0.544. The Kier molecular flexibility index (Phi) is 4.47. The number of nitrogens with zero attached hydrogens (tertiary/aromatic N) is 2. The third kappa shape index (κ3) is 3.09. The highest BCUT2D eigenvalue weighted by Gasteiger charge is 2.18. The molecule has 2 N–H and O–H groups in total. The minimum absolute atomic E-state index is 0.0592. The van der Waals surface area contributed by atoms with Crippen molar-refractivity contribution >= 4 is 11.6 Å². The minimum Gasteiger partial charge on any atom is -0.380 e. The first-order valence-corrected chi connectivity index (χ1v) is 6.12. The van der Waals surface area contributed by atoms with Gasteiger partial charge in [-0.15, -0.1) is 0 Å². The number of ether oxygens (including phenoxy) is 1. The van der Waals surface area contributed by atoms with Crippen LogP contribution < -0.4 is 5.73 Å². The molecule has 1 aromatic carbocycles. The molecule has 0 saturated carbocycles. The zero-order chi connectivity index (χ0) is 13.8. The second-order valence-corrected chi connectivity index (χ2v) is 4.20. The van der Waals surface area contributed by atoms with Gasteiger partial charge in [-0.25, -0.2) is 4.39 Å². The summed E-state index contributed by atoms with van der Waals surface area (Å²) in [6, 6.07) is 3.87. The predicted octanol–water partition coefficient (Wildman–Crippen LogP) is 2.57. The van der Waals surface area contributed by atoms with Crippen LogP contribution in [0.15, 0.2) is 22.7 Å². The van der Waals surface area contributed by atoms with Crippen LogP contribution in [0.3, 0.4) is 0 Å². The summed E-state index contributed by atoms with van der Waals surface area (Å²) in [4.78, 5) is 4.10. The van der Waals surface area contributed by atoms with Gasteiger partial charge in [-0.3, -0.25) is 0 Å². The average Bonchev–Trinajstić information content (AvgIpc) is 2.88. The fraction of sp³-hybridized carbons (Fsp3) is 0.333. The van der Waals surface area contributed by atoms with Gasteiger partial charge < -0.3 is 15.0 Å². The van der Waals surface area contributed by atoms with Gasteiger partial charge >= 0.3 is 0 Å².